The van der Waals surface area contributed by atoms with Crippen LogP contribution in [0.1, 0.15) is 66.7 Å². The predicted octanol–water partition coefficient (Wildman–Crippen LogP) is 4.16. The van der Waals surface area contributed by atoms with Crippen molar-refractivity contribution in [2.24, 2.45) is 11.8 Å². The van der Waals surface area contributed by atoms with Crippen molar-refractivity contribution < 1.29 is 0 Å². The van der Waals surface area contributed by atoms with Gasteiger partial charge < -0.3 is 10.2 Å². The third-order valence-corrected chi connectivity index (χ3v) is 4.32. The Morgan fingerprint density at radius 3 is 2.00 bits per heavy atom. The highest BCUT2D eigenvalue weighted by atomic mass is 15.1. The molecule has 1 aliphatic heterocycles. The average Bonchev–Trinajstić information content (AvgIpc) is 2.40. The Bertz CT molecular complexity index is 184. The van der Waals surface area contributed by atoms with Gasteiger partial charge in [0.05, 0.1) is 0 Å². The average molecular weight is 271 g/mol. The molecule has 0 saturated carbocycles. The Balaban J connectivity index is 0.000000342. The first kappa shape index (κ1) is 18.9. The summed E-state index contributed by atoms with van der Waals surface area (Å²) >= 11 is 0. The summed E-state index contributed by atoms with van der Waals surface area (Å²) in [5.41, 5.74) is 0. The van der Waals surface area contributed by atoms with E-state index in [2.05, 4.69) is 51.9 Å². The van der Waals surface area contributed by atoms with E-state index in [1.807, 2.05) is 0 Å². The van der Waals surface area contributed by atoms with E-state index < -0.39 is 0 Å². The molecule has 0 atom stereocenters. The maximum atomic E-state index is 3.37. The van der Waals surface area contributed by atoms with Crippen molar-refractivity contribution in [3.8, 4) is 0 Å². The van der Waals surface area contributed by atoms with E-state index in [0.29, 0.717) is 6.04 Å². The molecule has 116 valence electrons. The van der Waals surface area contributed by atoms with Gasteiger partial charge in [0.25, 0.3) is 0 Å². The molecular formula is C17H38N2. The van der Waals surface area contributed by atoms with Crippen LogP contribution in [0.3, 0.4) is 0 Å². The quantitative estimate of drug-likeness (QED) is 0.729. The molecule has 1 heterocycles. The lowest BCUT2D eigenvalue weighted by molar-refractivity contribution is 0.268. The smallest absolute Gasteiger partial charge is 0.00355 e. The van der Waals surface area contributed by atoms with Crippen LogP contribution in [-0.4, -0.2) is 37.6 Å². The first-order chi connectivity index (χ1) is 8.99. The molecule has 2 heteroatoms. The van der Waals surface area contributed by atoms with Crippen LogP contribution in [0, 0.1) is 11.8 Å². The Hall–Kier alpha value is -0.0800. The first-order valence-corrected chi connectivity index (χ1v) is 8.40. The molecule has 0 aromatic rings. The SMILES string of the molecule is CC(C)C1CCNCC1.CCCCCN(C)C(C)C. The van der Waals surface area contributed by atoms with Crippen LogP contribution in [0.2, 0.25) is 0 Å². The summed E-state index contributed by atoms with van der Waals surface area (Å²) in [6, 6.07) is 0.705. The number of hydrogen-bond donors (Lipinski definition) is 1. The Kier molecular flexibility index (Phi) is 11.7. The fourth-order valence-electron chi connectivity index (χ4n) is 2.38. The molecule has 0 amide bonds. The topological polar surface area (TPSA) is 15.3 Å². The lowest BCUT2D eigenvalue weighted by Gasteiger charge is -2.25. The normalized spacial score (nSPS) is 16.9. The highest BCUT2D eigenvalue weighted by Gasteiger charge is 2.15. The molecule has 1 rings (SSSR count). The van der Waals surface area contributed by atoms with Crippen LogP contribution in [0.5, 0.6) is 0 Å². The molecular weight excluding hydrogens is 232 g/mol. The summed E-state index contributed by atoms with van der Waals surface area (Å²) in [6.07, 6.45) is 6.82. The van der Waals surface area contributed by atoms with Crippen LogP contribution in [0.4, 0.5) is 0 Å². The third-order valence-electron chi connectivity index (χ3n) is 4.32. The summed E-state index contributed by atoms with van der Waals surface area (Å²) in [4.78, 5) is 2.40. The largest absolute Gasteiger partial charge is 0.317 e. The summed E-state index contributed by atoms with van der Waals surface area (Å²) < 4.78 is 0. The number of unbranched alkanes of at least 4 members (excludes halogenated alkanes) is 2. The van der Waals surface area contributed by atoms with E-state index in [4.69, 9.17) is 0 Å². The molecule has 0 aliphatic carbocycles. The molecule has 0 bridgehead atoms. The van der Waals surface area contributed by atoms with Gasteiger partial charge in [-0.15, -0.1) is 0 Å². The number of rotatable bonds is 6. The van der Waals surface area contributed by atoms with E-state index in [-0.39, 0.29) is 0 Å². The van der Waals surface area contributed by atoms with Crippen molar-refractivity contribution >= 4 is 0 Å². The molecule has 0 unspecified atom stereocenters. The van der Waals surface area contributed by atoms with Crippen molar-refractivity contribution in [3.05, 3.63) is 0 Å². The van der Waals surface area contributed by atoms with Gasteiger partial charge in [0.15, 0.2) is 0 Å². The van der Waals surface area contributed by atoms with E-state index in [1.54, 1.807) is 0 Å². The van der Waals surface area contributed by atoms with Crippen molar-refractivity contribution in [1.82, 2.24) is 10.2 Å². The molecule has 1 N–H and O–H groups in total. The highest BCUT2D eigenvalue weighted by Crippen LogP contribution is 2.20. The molecule has 0 spiro atoms. The number of hydrogen-bond acceptors (Lipinski definition) is 2. The fraction of sp³-hybridized carbons (Fsp3) is 1.00. The second kappa shape index (κ2) is 11.7. The standard InChI is InChI=1S/C9H21N.C8H17N/c1-5-6-7-8-10(4)9(2)3;1-7(2)8-3-5-9-6-4-8/h9H,5-8H2,1-4H3;7-9H,3-6H2,1-2H3. The van der Waals surface area contributed by atoms with E-state index in [1.165, 1.54) is 51.7 Å². The van der Waals surface area contributed by atoms with Gasteiger partial charge in [0.1, 0.15) is 0 Å². The Morgan fingerprint density at radius 2 is 1.63 bits per heavy atom. The van der Waals surface area contributed by atoms with Crippen molar-refractivity contribution in [1.29, 1.82) is 0 Å². The van der Waals surface area contributed by atoms with Gasteiger partial charge in [-0.2, -0.15) is 0 Å². The second-order valence-corrected chi connectivity index (χ2v) is 6.61. The van der Waals surface area contributed by atoms with Gasteiger partial charge in [0, 0.05) is 6.04 Å². The number of nitrogens with zero attached hydrogens (tertiary/aromatic N) is 1. The summed E-state index contributed by atoms with van der Waals surface area (Å²) in [5.74, 6) is 1.89. The van der Waals surface area contributed by atoms with Crippen molar-refractivity contribution in [3.63, 3.8) is 0 Å². The molecule has 1 aliphatic rings. The van der Waals surface area contributed by atoms with Gasteiger partial charge in [-0.3, -0.25) is 0 Å². The zero-order chi connectivity index (χ0) is 14.7. The fourth-order valence-corrected chi connectivity index (χ4v) is 2.38. The molecule has 0 aromatic carbocycles. The van der Waals surface area contributed by atoms with E-state index in [9.17, 15) is 0 Å². The van der Waals surface area contributed by atoms with E-state index in [0.717, 1.165) is 11.8 Å². The van der Waals surface area contributed by atoms with Gasteiger partial charge in [-0.25, -0.2) is 0 Å². The minimum absolute atomic E-state index is 0.705. The summed E-state index contributed by atoms with van der Waals surface area (Å²) in [5, 5.41) is 3.37. The van der Waals surface area contributed by atoms with Crippen molar-refractivity contribution in [2.75, 3.05) is 26.7 Å². The molecule has 1 fully saturated rings. The van der Waals surface area contributed by atoms with Crippen LogP contribution < -0.4 is 5.32 Å². The zero-order valence-electron chi connectivity index (χ0n) is 14.3. The summed E-state index contributed by atoms with van der Waals surface area (Å²) in [6.45, 7) is 15.1. The molecule has 1 saturated heterocycles. The first-order valence-electron chi connectivity index (χ1n) is 8.40. The van der Waals surface area contributed by atoms with Crippen LogP contribution >= 0.6 is 0 Å². The van der Waals surface area contributed by atoms with E-state index >= 15 is 0 Å². The van der Waals surface area contributed by atoms with Crippen LogP contribution in [0.25, 0.3) is 0 Å². The van der Waals surface area contributed by atoms with Gasteiger partial charge in [-0.05, 0) is 71.6 Å². The maximum absolute atomic E-state index is 3.37. The summed E-state index contributed by atoms with van der Waals surface area (Å²) in [7, 11) is 2.19. The maximum Gasteiger partial charge on any atom is 0.00355 e. The Morgan fingerprint density at radius 1 is 1.05 bits per heavy atom. The lowest BCUT2D eigenvalue weighted by Crippen LogP contribution is -2.29. The number of piperidine rings is 1. The van der Waals surface area contributed by atoms with Crippen LogP contribution in [-0.2, 0) is 0 Å². The van der Waals surface area contributed by atoms with Crippen molar-refractivity contribution in [2.45, 2.75) is 72.8 Å². The molecule has 0 radical (unpaired) electrons. The highest BCUT2D eigenvalue weighted by molar-refractivity contribution is 4.70. The molecule has 0 aromatic heterocycles. The Labute approximate surface area is 122 Å². The van der Waals surface area contributed by atoms with Crippen LogP contribution in [0.15, 0.2) is 0 Å². The minimum Gasteiger partial charge on any atom is -0.317 e. The second-order valence-electron chi connectivity index (χ2n) is 6.61. The minimum atomic E-state index is 0.705. The monoisotopic (exact) mass is 270 g/mol. The molecule has 19 heavy (non-hydrogen) atoms. The van der Waals surface area contributed by atoms with Gasteiger partial charge in [0.2, 0.25) is 0 Å². The zero-order valence-corrected chi connectivity index (χ0v) is 14.3. The van der Waals surface area contributed by atoms with Gasteiger partial charge >= 0.3 is 0 Å². The van der Waals surface area contributed by atoms with Gasteiger partial charge in [-0.1, -0.05) is 33.6 Å². The number of nitrogens with one attached hydrogen (secondary N) is 1. The lowest BCUT2D eigenvalue weighted by atomic mass is 9.87. The molecule has 2 nitrogen and oxygen atoms in total. The predicted molar refractivity (Wildman–Crippen MR) is 87.7 cm³/mol. The third kappa shape index (κ3) is 10.4.